The lowest BCUT2D eigenvalue weighted by Crippen LogP contribution is -2.23. The Labute approximate surface area is 119 Å². The number of nitro benzene ring substituents is 1. The van der Waals surface area contributed by atoms with Gasteiger partial charge in [0.25, 0.3) is 11.6 Å². The van der Waals surface area contributed by atoms with Gasteiger partial charge in [-0.15, -0.1) is 0 Å². The van der Waals surface area contributed by atoms with Gasteiger partial charge in [-0.1, -0.05) is 12.1 Å². The van der Waals surface area contributed by atoms with Crippen LogP contribution >= 0.6 is 0 Å². The number of halogens is 1. The second kappa shape index (κ2) is 6.00. The fourth-order valence-corrected chi connectivity index (χ4v) is 1.74. The molecule has 0 bridgehead atoms. The summed E-state index contributed by atoms with van der Waals surface area (Å²) < 4.78 is 12.7. The number of carbonyl (C=O) groups is 1. The van der Waals surface area contributed by atoms with Crippen molar-refractivity contribution in [2.45, 2.75) is 6.54 Å². The van der Waals surface area contributed by atoms with Gasteiger partial charge in [0.15, 0.2) is 0 Å². The summed E-state index contributed by atoms with van der Waals surface area (Å²) in [6, 6.07) is 8.70. The third-order valence-corrected chi connectivity index (χ3v) is 2.79. The number of nitrogens with one attached hydrogen (secondary N) is 1. The normalized spacial score (nSPS) is 10.1. The van der Waals surface area contributed by atoms with Crippen molar-refractivity contribution in [1.29, 1.82) is 0 Å². The van der Waals surface area contributed by atoms with E-state index in [-0.39, 0.29) is 17.9 Å². The molecule has 21 heavy (non-hydrogen) atoms. The first-order valence-electron chi connectivity index (χ1n) is 5.97. The van der Waals surface area contributed by atoms with Crippen LogP contribution in [0.4, 0.5) is 10.1 Å². The van der Waals surface area contributed by atoms with Crippen molar-refractivity contribution in [3.63, 3.8) is 0 Å². The average molecular weight is 290 g/mol. The maximum absolute atomic E-state index is 12.7. The molecular weight excluding hydrogens is 279 g/mol. The standard InChI is InChI=1S/C14H11FN2O4/c15-10-3-1-9(2-4-10)8-16-14(19)12-7-11(18)5-6-13(12)17(20)21/h1-7,18H,8H2,(H,16,19). The Hall–Kier alpha value is -2.96. The molecule has 2 aromatic carbocycles. The highest BCUT2D eigenvalue weighted by Gasteiger charge is 2.20. The van der Waals surface area contributed by atoms with E-state index < -0.39 is 22.3 Å². The lowest BCUT2D eigenvalue weighted by atomic mass is 10.1. The van der Waals surface area contributed by atoms with Gasteiger partial charge in [0, 0.05) is 12.6 Å². The van der Waals surface area contributed by atoms with Gasteiger partial charge in [-0.25, -0.2) is 4.39 Å². The summed E-state index contributed by atoms with van der Waals surface area (Å²) in [6.07, 6.45) is 0. The first-order chi connectivity index (χ1) is 9.97. The predicted octanol–water partition coefficient (Wildman–Crippen LogP) is 2.37. The van der Waals surface area contributed by atoms with E-state index >= 15 is 0 Å². The molecule has 0 saturated carbocycles. The molecule has 2 aromatic rings. The van der Waals surface area contributed by atoms with E-state index in [0.29, 0.717) is 5.56 Å². The zero-order valence-electron chi connectivity index (χ0n) is 10.7. The fraction of sp³-hybridized carbons (Fsp3) is 0.0714. The van der Waals surface area contributed by atoms with E-state index in [0.717, 1.165) is 18.2 Å². The summed E-state index contributed by atoms with van der Waals surface area (Å²) in [5, 5.41) is 22.7. The Kier molecular flexibility index (Phi) is 4.13. The zero-order chi connectivity index (χ0) is 15.4. The quantitative estimate of drug-likeness (QED) is 0.668. The van der Waals surface area contributed by atoms with E-state index in [9.17, 15) is 24.4 Å². The molecule has 0 spiro atoms. The molecule has 1 amide bonds. The van der Waals surface area contributed by atoms with Gasteiger partial charge in [-0.2, -0.15) is 0 Å². The number of benzene rings is 2. The van der Waals surface area contributed by atoms with E-state index in [2.05, 4.69) is 5.32 Å². The van der Waals surface area contributed by atoms with Gasteiger partial charge in [0.2, 0.25) is 0 Å². The van der Waals surface area contributed by atoms with Gasteiger partial charge in [-0.3, -0.25) is 14.9 Å². The van der Waals surface area contributed by atoms with Crippen molar-refractivity contribution in [2.75, 3.05) is 0 Å². The summed E-state index contributed by atoms with van der Waals surface area (Å²) in [5.74, 6) is -1.33. The Morgan fingerprint density at radius 3 is 2.52 bits per heavy atom. The first-order valence-corrected chi connectivity index (χ1v) is 5.97. The van der Waals surface area contributed by atoms with Crippen LogP contribution < -0.4 is 5.32 Å². The van der Waals surface area contributed by atoms with Crippen LogP contribution in [0.5, 0.6) is 5.75 Å². The highest BCUT2D eigenvalue weighted by atomic mass is 19.1. The molecule has 108 valence electrons. The zero-order valence-corrected chi connectivity index (χ0v) is 10.7. The van der Waals surface area contributed by atoms with Crippen LogP contribution in [-0.2, 0) is 6.54 Å². The highest BCUT2D eigenvalue weighted by molar-refractivity contribution is 5.98. The molecule has 0 aliphatic carbocycles. The number of phenolic OH excluding ortho intramolecular Hbond substituents is 1. The Morgan fingerprint density at radius 2 is 1.90 bits per heavy atom. The minimum absolute atomic E-state index is 0.0892. The maximum Gasteiger partial charge on any atom is 0.282 e. The third kappa shape index (κ3) is 3.53. The molecule has 0 aliphatic rings. The number of aromatic hydroxyl groups is 1. The largest absolute Gasteiger partial charge is 0.508 e. The van der Waals surface area contributed by atoms with Gasteiger partial charge in [0.1, 0.15) is 17.1 Å². The number of nitro groups is 1. The van der Waals surface area contributed by atoms with Crippen LogP contribution in [0.25, 0.3) is 0 Å². The maximum atomic E-state index is 12.7. The molecule has 7 heteroatoms. The van der Waals surface area contributed by atoms with Crippen molar-refractivity contribution < 1.29 is 19.2 Å². The van der Waals surface area contributed by atoms with Crippen LogP contribution in [0.2, 0.25) is 0 Å². The van der Waals surface area contributed by atoms with E-state index in [1.54, 1.807) is 0 Å². The van der Waals surface area contributed by atoms with Gasteiger partial charge in [-0.05, 0) is 29.8 Å². The van der Waals surface area contributed by atoms with E-state index in [4.69, 9.17) is 0 Å². The predicted molar refractivity (Wildman–Crippen MR) is 72.3 cm³/mol. The van der Waals surface area contributed by atoms with Crippen molar-refractivity contribution in [1.82, 2.24) is 5.32 Å². The molecule has 0 fully saturated rings. The Bertz CT molecular complexity index is 686. The van der Waals surface area contributed by atoms with Gasteiger partial charge in [0.05, 0.1) is 4.92 Å². The molecule has 2 N–H and O–H groups in total. The molecule has 0 saturated heterocycles. The van der Waals surface area contributed by atoms with Crippen LogP contribution in [0.3, 0.4) is 0 Å². The van der Waals surface area contributed by atoms with Crippen LogP contribution in [-0.4, -0.2) is 15.9 Å². The topological polar surface area (TPSA) is 92.5 Å². The minimum atomic E-state index is -0.702. The number of nitrogens with zero attached hydrogens (tertiary/aromatic N) is 1. The monoisotopic (exact) mass is 290 g/mol. The van der Waals surface area contributed by atoms with Crippen molar-refractivity contribution in [3.8, 4) is 5.75 Å². The Balaban J connectivity index is 2.15. The second-order valence-corrected chi connectivity index (χ2v) is 4.27. The lowest BCUT2D eigenvalue weighted by molar-refractivity contribution is -0.385. The summed E-state index contributed by atoms with van der Waals surface area (Å²) in [5.41, 5.74) is 0.0130. The van der Waals surface area contributed by atoms with Crippen molar-refractivity contribution in [2.24, 2.45) is 0 Å². The SMILES string of the molecule is O=C(NCc1ccc(F)cc1)c1cc(O)ccc1[N+](=O)[O-]. The second-order valence-electron chi connectivity index (χ2n) is 4.27. The van der Waals surface area contributed by atoms with E-state index in [1.807, 2.05) is 0 Å². The number of phenols is 1. The van der Waals surface area contributed by atoms with Crippen molar-refractivity contribution in [3.05, 3.63) is 69.5 Å². The molecule has 0 unspecified atom stereocenters. The molecule has 0 radical (unpaired) electrons. The van der Waals surface area contributed by atoms with Gasteiger partial charge < -0.3 is 10.4 Å². The molecule has 0 aromatic heterocycles. The number of hydrogen-bond donors (Lipinski definition) is 2. The summed E-state index contributed by atoms with van der Waals surface area (Å²) in [6.45, 7) is 0.0892. The van der Waals surface area contributed by atoms with E-state index in [1.165, 1.54) is 24.3 Å². The third-order valence-electron chi connectivity index (χ3n) is 2.79. The number of rotatable bonds is 4. The van der Waals surface area contributed by atoms with Crippen molar-refractivity contribution >= 4 is 11.6 Å². The van der Waals surface area contributed by atoms with Crippen LogP contribution in [0.15, 0.2) is 42.5 Å². The molecule has 0 aliphatic heterocycles. The highest BCUT2D eigenvalue weighted by Crippen LogP contribution is 2.23. The smallest absolute Gasteiger partial charge is 0.282 e. The first kappa shape index (κ1) is 14.4. The minimum Gasteiger partial charge on any atom is -0.508 e. The number of carbonyl (C=O) groups excluding carboxylic acids is 1. The molecule has 0 heterocycles. The molecule has 0 atom stereocenters. The summed E-state index contributed by atoms with van der Waals surface area (Å²) in [7, 11) is 0. The molecule has 2 rings (SSSR count). The Morgan fingerprint density at radius 1 is 1.24 bits per heavy atom. The van der Waals surface area contributed by atoms with Crippen LogP contribution in [0, 0.1) is 15.9 Å². The lowest BCUT2D eigenvalue weighted by Gasteiger charge is -2.06. The number of hydrogen-bond acceptors (Lipinski definition) is 4. The average Bonchev–Trinajstić information content (AvgIpc) is 2.46. The summed E-state index contributed by atoms with van der Waals surface area (Å²) >= 11 is 0. The summed E-state index contributed by atoms with van der Waals surface area (Å²) in [4.78, 5) is 22.1. The molecular formula is C14H11FN2O4. The molecule has 6 nitrogen and oxygen atoms in total. The number of amides is 1. The fourth-order valence-electron chi connectivity index (χ4n) is 1.74. The van der Waals surface area contributed by atoms with Crippen LogP contribution in [0.1, 0.15) is 15.9 Å². The van der Waals surface area contributed by atoms with Gasteiger partial charge >= 0.3 is 0 Å².